The van der Waals surface area contributed by atoms with Crippen LogP contribution in [0.5, 0.6) is 0 Å². The Morgan fingerprint density at radius 1 is 1.14 bits per heavy atom. The summed E-state index contributed by atoms with van der Waals surface area (Å²) in [5, 5.41) is 4.77. The van der Waals surface area contributed by atoms with E-state index in [0.29, 0.717) is 25.2 Å². The molecule has 0 aliphatic heterocycles. The molecule has 0 bridgehead atoms. The number of hydrogen-bond donors (Lipinski definition) is 1. The highest BCUT2D eigenvalue weighted by Gasteiger charge is 2.17. The van der Waals surface area contributed by atoms with Crippen molar-refractivity contribution in [2.24, 2.45) is 0 Å². The molecular formula is C15H12BrCl3FN. The quantitative estimate of drug-likeness (QED) is 0.565. The maximum absolute atomic E-state index is 13.3. The first-order valence-corrected chi connectivity index (χ1v) is 8.21. The van der Waals surface area contributed by atoms with Crippen molar-refractivity contribution < 1.29 is 4.39 Å². The maximum atomic E-state index is 13.3. The van der Waals surface area contributed by atoms with Gasteiger partial charge in [0.2, 0.25) is 0 Å². The van der Waals surface area contributed by atoms with Gasteiger partial charge in [-0.05, 0) is 52.2 Å². The Morgan fingerprint density at radius 3 is 2.43 bits per heavy atom. The van der Waals surface area contributed by atoms with Crippen LogP contribution in [0.4, 0.5) is 10.1 Å². The monoisotopic (exact) mass is 409 g/mol. The largest absolute Gasteiger partial charge is 0.376 e. The van der Waals surface area contributed by atoms with E-state index in [2.05, 4.69) is 21.2 Å². The molecule has 1 N–H and O–H groups in total. The molecule has 0 spiro atoms. The van der Waals surface area contributed by atoms with E-state index >= 15 is 0 Å². The van der Waals surface area contributed by atoms with Crippen LogP contribution in [0, 0.1) is 5.82 Å². The lowest BCUT2D eigenvalue weighted by molar-refractivity contribution is 0.627. The molecule has 0 fully saturated rings. The van der Waals surface area contributed by atoms with Gasteiger partial charge in [-0.2, -0.15) is 0 Å². The highest BCUT2D eigenvalue weighted by Crippen LogP contribution is 2.37. The van der Waals surface area contributed by atoms with E-state index in [1.807, 2.05) is 13.0 Å². The summed E-state index contributed by atoms with van der Waals surface area (Å²) < 4.78 is 13.8. The lowest BCUT2D eigenvalue weighted by Gasteiger charge is -2.22. The summed E-state index contributed by atoms with van der Waals surface area (Å²) in [4.78, 5) is 0. The van der Waals surface area contributed by atoms with Crippen LogP contribution in [0.15, 0.2) is 34.8 Å². The normalized spacial score (nSPS) is 12.3. The van der Waals surface area contributed by atoms with Crippen LogP contribution in [0.2, 0.25) is 15.1 Å². The molecule has 2 rings (SSSR count). The van der Waals surface area contributed by atoms with Gasteiger partial charge in [0.05, 0.1) is 16.8 Å². The van der Waals surface area contributed by atoms with Crippen LogP contribution < -0.4 is 5.32 Å². The number of hydrogen-bond acceptors (Lipinski definition) is 1. The number of nitrogens with one attached hydrogen (secondary N) is 1. The molecule has 1 unspecified atom stereocenters. The third kappa shape index (κ3) is 4.04. The average molecular weight is 412 g/mol. The van der Waals surface area contributed by atoms with Crippen molar-refractivity contribution in [1.82, 2.24) is 0 Å². The van der Waals surface area contributed by atoms with Crippen LogP contribution in [0.25, 0.3) is 0 Å². The molecular weight excluding hydrogens is 399 g/mol. The van der Waals surface area contributed by atoms with Gasteiger partial charge in [-0.25, -0.2) is 4.39 Å². The molecule has 1 atom stereocenters. The Balaban J connectivity index is 2.36. The lowest BCUT2D eigenvalue weighted by Crippen LogP contribution is -2.11. The SMILES string of the molecule is CCC(Nc1c(Cl)cc(F)cc1Br)c1ccc(Cl)cc1Cl. The fourth-order valence-electron chi connectivity index (χ4n) is 2.04. The zero-order valence-corrected chi connectivity index (χ0v) is 14.9. The van der Waals surface area contributed by atoms with Crippen molar-refractivity contribution in [2.45, 2.75) is 19.4 Å². The first-order valence-electron chi connectivity index (χ1n) is 6.28. The first-order chi connectivity index (χ1) is 9.92. The van der Waals surface area contributed by atoms with Gasteiger partial charge in [0.15, 0.2) is 0 Å². The summed E-state index contributed by atoms with van der Waals surface area (Å²) in [6, 6.07) is 7.93. The molecule has 0 radical (unpaired) electrons. The summed E-state index contributed by atoms with van der Waals surface area (Å²) in [6.45, 7) is 2.02. The van der Waals surface area contributed by atoms with Gasteiger partial charge >= 0.3 is 0 Å². The Labute approximate surface area is 146 Å². The fraction of sp³-hybridized carbons (Fsp3) is 0.200. The summed E-state index contributed by atoms with van der Waals surface area (Å²) in [7, 11) is 0. The number of anilines is 1. The van der Waals surface area contributed by atoms with Crippen LogP contribution >= 0.6 is 50.7 Å². The average Bonchev–Trinajstić information content (AvgIpc) is 2.39. The molecule has 0 aromatic heterocycles. The van der Waals surface area contributed by atoms with E-state index in [9.17, 15) is 4.39 Å². The zero-order chi connectivity index (χ0) is 15.6. The van der Waals surface area contributed by atoms with Gasteiger partial charge in [0.1, 0.15) is 5.82 Å². The predicted molar refractivity (Wildman–Crippen MR) is 92.2 cm³/mol. The summed E-state index contributed by atoms with van der Waals surface area (Å²) in [5.74, 6) is -0.394. The molecule has 6 heteroatoms. The Kier molecular flexibility index (Phi) is 5.78. The van der Waals surface area contributed by atoms with Gasteiger partial charge < -0.3 is 5.32 Å². The van der Waals surface area contributed by atoms with Crippen molar-refractivity contribution in [3.05, 3.63) is 61.3 Å². The molecule has 21 heavy (non-hydrogen) atoms. The smallest absolute Gasteiger partial charge is 0.125 e. The minimum atomic E-state index is -0.394. The minimum absolute atomic E-state index is 0.0611. The van der Waals surface area contributed by atoms with Crippen LogP contribution in [0.3, 0.4) is 0 Å². The van der Waals surface area contributed by atoms with Gasteiger partial charge in [0, 0.05) is 14.5 Å². The Bertz CT molecular complexity index is 640. The standard InChI is InChI=1S/C15H12BrCl3FN/c1-2-14(10-4-3-8(17)5-12(10)18)21-15-11(16)6-9(20)7-13(15)19/h3-7,14,21H,2H2,1H3. The Hall–Kier alpha value is -0.480. The molecule has 2 aromatic carbocycles. The molecule has 0 saturated heterocycles. The topological polar surface area (TPSA) is 12.0 Å². The first kappa shape index (κ1) is 16.9. The van der Waals surface area contributed by atoms with Crippen LogP contribution in [0.1, 0.15) is 24.9 Å². The van der Waals surface area contributed by atoms with E-state index in [0.717, 1.165) is 12.0 Å². The molecule has 2 aromatic rings. The minimum Gasteiger partial charge on any atom is -0.376 e. The number of benzene rings is 2. The predicted octanol–water partition coefficient (Wildman–Crippen LogP) is 7.11. The fourth-order valence-corrected chi connectivity index (χ4v) is 3.50. The van der Waals surface area contributed by atoms with Gasteiger partial charge in [-0.15, -0.1) is 0 Å². The van der Waals surface area contributed by atoms with Gasteiger partial charge in [-0.3, -0.25) is 0 Å². The van der Waals surface area contributed by atoms with Crippen molar-refractivity contribution in [2.75, 3.05) is 5.32 Å². The highest BCUT2D eigenvalue weighted by molar-refractivity contribution is 9.10. The molecule has 0 saturated carbocycles. The van der Waals surface area contributed by atoms with Crippen LogP contribution in [-0.4, -0.2) is 0 Å². The van der Waals surface area contributed by atoms with Crippen molar-refractivity contribution in [3.63, 3.8) is 0 Å². The Morgan fingerprint density at radius 2 is 1.86 bits per heavy atom. The van der Waals surface area contributed by atoms with E-state index < -0.39 is 5.82 Å². The molecule has 0 aliphatic rings. The summed E-state index contributed by atoms with van der Waals surface area (Å²) in [5.41, 5.74) is 1.55. The van der Waals surface area contributed by atoms with Gasteiger partial charge in [-0.1, -0.05) is 47.8 Å². The van der Waals surface area contributed by atoms with Crippen molar-refractivity contribution >= 4 is 56.4 Å². The van der Waals surface area contributed by atoms with E-state index in [1.54, 1.807) is 12.1 Å². The van der Waals surface area contributed by atoms with Gasteiger partial charge in [0.25, 0.3) is 0 Å². The van der Waals surface area contributed by atoms with Crippen LogP contribution in [-0.2, 0) is 0 Å². The molecule has 112 valence electrons. The number of rotatable bonds is 4. The summed E-state index contributed by atoms with van der Waals surface area (Å²) >= 11 is 21.6. The molecule has 0 amide bonds. The van der Waals surface area contributed by atoms with Crippen molar-refractivity contribution in [1.29, 1.82) is 0 Å². The zero-order valence-electron chi connectivity index (χ0n) is 11.1. The van der Waals surface area contributed by atoms with E-state index in [-0.39, 0.29) is 6.04 Å². The third-order valence-corrected chi connectivity index (χ3v) is 4.56. The molecule has 0 aliphatic carbocycles. The second kappa shape index (κ2) is 7.19. The summed E-state index contributed by atoms with van der Waals surface area (Å²) in [6.07, 6.45) is 0.779. The second-order valence-corrected chi connectivity index (χ2v) is 6.62. The highest BCUT2D eigenvalue weighted by atomic mass is 79.9. The van der Waals surface area contributed by atoms with E-state index in [4.69, 9.17) is 34.8 Å². The molecule has 0 heterocycles. The second-order valence-electron chi connectivity index (χ2n) is 4.52. The number of halogens is 5. The maximum Gasteiger partial charge on any atom is 0.125 e. The molecule has 1 nitrogen and oxygen atoms in total. The third-order valence-electron chi connectivity index (χ3n) is 3.07. The van der Waals surface area contributed by atoms with Crippen molar-refractivity contribution in [3.8, 4) is 0 Å². The lowest BCUT2D eigenvalue weighted by atomic mass is 10.0. The van der Waals surface area contributed by atoms with E-state index in [1.165, 1.54) is 12.1 Å².